The fraction of sp³-hybridized carbons (Fsp3) is 0.394. The van der Waals surface area contributed by atoms with Gasteiger partial charge in [0.25, 0.3) is 5.56 Å². The molecule has 0 aliphatic carbocycles. The number of hydrogen-bond acceptors (Lipinski definition) is 7. The Hall–Kier alpha value is -3.66. The first-order valence-corrected chi connectivity index (χ1v) is 15.8. The molecular formula is C33H37Cl2N7O2. The molecule has 0 spiro atoms. The molecule has 4 aromatic rings. The number of halogens is 2. The van der Waals surface area contributed by atoms with Gasteiger partial charge in [0.15, 0.2) is 0 Å². The first-order chi connectivity index (χ1) is 21.1. The summed E-state index contributed by atoms with van der Waals surface area (Å²) in [6.45, 7) is 10.8. The average Bonchev–Trinajstić information content (AvgIpc) is 2.97. The molecule has 2 aromatic carbocycles. The van der Waals surface area contributed by atoms with Gasteiger partial charge in [-0.2, -0.15) is 4.98 Å². The fourth-order valence-corrected chi connectivity index (χ4v) is 7.01. The van der Waals surface area contributed by atoms with Gasteiger partial charge in [0.1, 0.15) is 5.65 Å². The summed E-state index contributed by atoms with van der Waals surface area (Å²) in [7, 11) is 2.16. The lowest BCUT2D eigenvalue weighted by Crippen LogP contribution is -2.44. The predicted molar refractivity (Wildman–Crippen MR) is 179 cm³/mol. The Balaban J connectivity index is 1.43. The van der Waals surface area contributed by atoms with E-state index >= 15 is 0 Å². The van der Waals surface area contributed by atoms with Gasteiger partial charge in [-0.15, -0.1) is 0 Å². The topological polar surface area (TPSA) is 86.6 Å². The van der Waals surface area contributed by atoms with E-state index in [-0.39, 0.29) is 17.5 Å². The van der Waals surface area contributed by atoms with Crippen molar-refractivity contribution in [2.24, 2.45) is 0 Å². The highest BCUT2D eigenvalue weighted by molar-refractivity contribution is 6.35. The molecule has 230 valence electrons. The van der Waals surface area contributed by atoms with Gasteiger partial charge >= 0.3 is 0 Å². The van der Waals surface area contributed by atoms with E-state index in [2.05, 4.69) is 46.2 Å². The molecule has 2 aliphatic rings. The van der Waals surface area contributed by atoms with Crippen molar-refractivity contribution in [2.75, 3.05) is 56.5 Å². The van der Waals surface area contributed by atoms with Crippen LogP contribution in [0.25, 0.3) is 22.2 Å². The molecule has 2 fully saturated rings. The van der Waals surface area contributed by atoms with Gasteiger partial charge in [-0.3, -0.25) is 14.2 Å². The number of aromatic nitrogens is 3. The van der Waals surface area contributed by atoms with E-state index in [1.54, 1.807) is 40.8 Å². The van der Waals surface area contributed by atoms with Crippen molar-refractivity contribution < 1.29 is 4.79 Å². The maximum absolute atomic E-state index is 14.4. The number of piperidine rings is 1. The molecule has 2 saturated heterocycles. The summed E-state index contributed by atoms with van der Waals surface area (Å²) in [5.41, 5.74) is 5.50. The van der Waals surface area contributed by atoms with Crippen molar-refractivity contribution in [3.63, 3.8) is 0 Å². The van der Waals surface area contributed by atoms with E-state index in [1.807, 2.05) is 13.0 Å². The van der Waals surface area contributed by atoms with Gasteiger partial charge in [-0.1, -0.05) is 23.2 Å². The van der Waals surface area contributed by atoms with Crippen molar-refractivity contribution in [1.29, 1.82) is 0 Å². The van der Waals surface area contributed by atoms with Crippen LogP contribution in [0.5, 0.6) is 0 Å². The second-order valence-electron chi connectivity index (χ2n) is 11.9. The lowest BCUT2D eigenvalue weighted by Gasteiger charge is -2.35. The number of anilines is 3. The standard InChI is InChI=1S/C33H37Cl2N7O2/c1-20-14-26(7-8-29(20)40-12-10-39(4)11-13-40)37-33-36-18-28-21(2)30(23-15-24(34)17-25(35)16-23)32(44)42(31(28)38-33)27-6-5-9-41(19-27)22(3)43/h7-8,14-18,27H,5-6,9-13,19H2,1-4H3,(H,36,37,38)/t27-/m0/s1. The summed E-state index contributed by atoms with van der Waals surface area (Å²) in [4.78, 5) is 42.9. The van der Waals surface area contributed by atoms with Gasteiger partial charge < -0.3 is 20.0 Å². The van der Waals surface area contributed by atoms with E-state index < -0.39 is 0 Å². The van der Waals surface area contributed by atoms with Crippen molar-refractivity contribution in [3.05, 3.63) is 74.1 Å². The fourth-order valence-electron chi connectivity index (χ4n) is 6.49. The molecule has 11 heteroatoms. The quantitative estimate of drug-likeness (QED) is 0.286. The summed E-state index contributed by atoms with van der Waals surface area (Å²) in [5, 5.41) is 5.01. The van der Waals surface area contributed by atoms with E-state index in [0.29, 0.717) is 45.9 Å². The van der Waals surface area contributed by atoms with Gasteiger partial charge in [0, 0.05) is 79.2 Å². The molecule has 6 rings (SSSR count). The lowest BCUT2D eigenvalue weighted by molar-refractivity contribution is -0.130. The molecule has 1 N–H and O–H groups in total. The Morgan fingerprint density at radius 1 is 1.00 bits per heavy atom. The second kappa shape index (κ2) is 12.4. The van der Waals surface area contributed by atoms with E-state index in [9.17, 15) is 9.59 Å². The minimum absolute atomic E-state index is 0.00613. The van der Waals surface area contributed by atoms with Gasteiger partial charge in [-0.05, 0) is 86.8 Å². The SMILES string of the molecule is CC(=O)N1CCC[C@H](n2c(=O)c(-c3cc(Cl)cc(Cl)c3)c(C)c3cnc(Nc4ccc(N5CCN(C)CC5)c(C)c4)nc32)C1. The van der Waals surface area contributed by atoms with E-state index in [1.165, 1.54) is 11.3 Å². The van der Waals surface area contributed by atoms with Crippen LogP contribution in [-0.4, -0.2) is 76.6 Å². The predicted octanol–water partition coefficient (Wildman–Crippen LogP) is 6.06. The Labute approximate surface area is 267 Å². The molecule has 0 saturated carbocycles. The molecule has 44 heavy (non-hydrogen) atoms. The summed E-state index contributed by atoms with van der Waals surface area (Å²) >= 11 is 12.7. The van der Waals surface area contributed by atoms with Crippen LogP contribution in [0.15, 0.2) is 47.4 Å². The molecule has 0 unspecified atom stereocenters. The largest absolute Gasteiger partial charge is 0.369 e. The van der Waals surface area contributed by atoms with Gasteiger partial charge in [0.2, 0.25) is 11.9 Å². The first-order valence-electron chi connectivity index (χ1n) is 15.0. The monoisotopic (exact) mass is 633 g/mol. The van der Waals surface area contributed by atoms with E-state index in [4.69, 9.17) is 28.2 Å². The third-order valence-electron chi connectivity index (χ3n) is 8.86. The smallest absolute Gasteiger partial charge is 0.260 e. The van der Waals surface area contributed by atoms with Crippen LogP contribution in [0, 0.1) is 13.8 Å². The summed E-state index contributed by atoms with van der Waals surface area (Å²) in [6, 6.07) is 11.2. The third kappa shape index (κ3) is 6.01. The number of nitrogens with zero attached hydrogens (tertiary/aromatic N) is 6. The minimum atomic E-state index is -0.246. The van der Waals surface area contributed by atoms with Gasteiger partial charge in [-0.25, -0.2) is 4.98 Å². The number of rotatable bonds is 5. The molecule has 0 radical (unpaired) electrons. The molecule has 1 amide bonds. The normalized spacial score (nSPS) is 17.7. The number of likely N-dealkylation sites (N-methyl/N-ethyl adjacent to an activating group) is 1. The zero-order valence-corrected chi connectivity index (χ0v) is 27.0. The molecule has 0 bridgehead atoms. The van der Waals surface area contributed by atoms with Crippen LogP contribution in [-0.2, 0) is 4.79 Å². The number of nitrogens with one attached hydrogen (secondary N) is 1. The molecule has 2 aromatic heterocycles. The Morgan fingerprint density at radius 3 is 2.41 bits per heavy atom. The van der Waals surface area contributed by atoms with Gasteiger partial charge in [0.05, 0.1) is 11.6 Å². The van der Waals surface area contributed by atoms with Crippen LogP contribution in [0.4, 0.5) is 17.3 Å². The highest BCUT2D eigenvalue weighted by atomic mass is 35.5. The number of piperazine rings is 1. The van der Waals surface area contributed by atoms with Crippen molar-refractivity contribution in [1.82, 2.24) is 24.3 Å². The van der Waals surface area contributed by atoms with Crippen molar-refractivity contribution in [3.8, 4) is 11.1 Å². The first kappa shape index (κ1) is 30.4. The number of amides is 1. The van der Waals surface area contributed by atoms with Crippen LogP contribution in [0.3, 0.4) is 0 Å². The maximum atomic E-state index is 14.4. The second-order valence-corrected chi connectivity index (χ2v) is 12.8. The van der Waals surface area contributed by atoms with E-state index in [0.717, 1.165) is 55.7 Å². The maximum Gasteiger partial charge on any atom is 0.260 e. The lowest BCUT2D eigenvalue weighted by atomic mass is 9.98. The summed E-state index contributed by atoms with van der Waals surface area (Å²) in [6.07, 6.45) is 3.30. The number of fused-ring (bicyclic) bond motifs is 1. The van der Waals surface area contributed by atoms with Crippen LogP contribution < -0.4 is 15.8 Å². The van der Waals surface area contributed by atoms with Crippen molar-refractivity contribution >= 4 is 57.5 Å². The van der Waals surface area contributed by atoms with Crippen LogP contribution in [0.1, 0.15) is 36.9 Å². The Kier molecular flexibility index (Phi) is 8.55. The Bertz CT molecular complexity index is 1780. The number of aryl methyl sites for hydroxylation is 2. The summed E-state index contributed by atoms with van der Waals surface area (Å²) < 4.78 is 1.75. The molecular weight excluding hydrogens is 597 g/mol. The van der Waals surface area contributed by atoms with Crippen LogP contribution in [0.2, 0.25) is 10.0 Å². The number of carbonyl (C=O) groups is 1. The highest BCUT2D eigenvalue weighted by Gasteiger charge is 2.28. The highest BCUT2D eigenvalue weighted by Crippen LogP contribution is 2.33. The van der Waals surface area contributed by atoms with Crippen LogP contribution >= 0.6 is 23.2 Å². The Morgan fingerprint density at radius 2 is 1.73 bits per heavy atom. The molecule has 9 nitrogen and oxygen atoms in total. The molecule has 4 heterocycles. The van der Waals surface area contributed by atoms with Crippen molar-refractivity contribution in [2.45, 2.75) is 39.7 Å². The number of pyridine rings is 1. The number of hydrogen-bond donors (Lipinski definition) is 1. The number of benzene rings is 2. The molecule has 1 atom stereocenters. The summed E-state index contributed by atoms with van der Waals surface area (Å²) in [5.74, 6) is 0.392. The zero-order valence-electron chi connectivity index (χ0n) is 25.5. The zero-order chi connectivity index (χ0) is 31.1. The number of likely N-dealkylation sites (tertiary alicyclic amines) is 1. The molecule has 2 aliphatic heterocycles. The average molecular weight is 635 g/mol. The minimum Gasteiger partial charge on any atom is -0.369 e. The number of carbonyl (C=O) groups excluding carboxylic acids is 1. The third-order valence-corrected chi connectivity index (χ3v) is 9.30.